The average molecular weight is 409 g/mol. The van der Waals surface area contributed by atoms with Crippen LogP contribution >= 0.6 is 11.8 Å². The topological polar surface area (TPSA) is 75.2 Å². The van der Waals surface area contributed by atoms with E-state index < -0.39 is 11.9 Å². The largest absolute Gasteiger partial charge is 0.322 e. The van der Waals surface area contributed by atoms with E-state index in [4.69, 9.17) is 0 Å². The van der Waals surface area contributed by atoms with Crippen molar-refractivity contribution in [2.24, 2.45) is 0 Å². The van der Waals surface area contributed by atoms with E-state index in [1.54, 1.807) is 36.0 Å². The van der Waals surface area contributed by atoms with Crippen LogP contribution in [0.1, 0.15) is 16.8 Å². The Morgan fingerprint density at radius 2 is 1.66 bits per heavy atom. The highest BCUT2D eigenvalue weighted by Gasteiger charge is 2.21. The molecule has 29 heavy (non-hydrogen) atoms. The second kappa shape index (κ2) is 10.5. The van der Waals surface area contributed by atoms with Crippen LogP contribution in [0, 0.1) is 0 Å². The lowest BCUT2D eigenvalue weighted by molar-refractivity contribution is -0.122. The SMILES string of the molecule is CSCCC(NNc1ccccc1-n1cccc1)C(=O)NC(=O)c1ccccc1. The quantitative estimate of drug-likeness (QED) is 0.473. The van der Waals surface area contributed by atoms with E-state index in [1.807, 2.05) is 65.7 Å². The molecule has 3 aromatic rings. The number of nitrogens with zero attached hydrogens (tertiary/aromatic N) is 1. The molecule has 6 nitrogen and oxygen atoms in total. The average Bonchev–Trinajstić information content (AvgIpc) is 3.29. The Bertz CT molecular complexity index is 929. The maximum atomic E-state index is 12.7. The molecular formula is C22H24N4O2S. The van der Waals surface area contributed by atoms with E-state index in [-0.39, 0.29) is 5.91 Å². The Balaban J connectivity index is 1.68. The van der Waals surface area contributed by atoms with E-state index in [2.05, 4.69) is 16.2 Å². The van der Waals surface area contributed by atoms with Gasteiger partial charge in [0.15, 0.2) is 0 Å². The number of hydrazine groups is 1. The summed E-state index contributed by atoms with van der Waals surface area (Å²) in [5.41, 5.74) is 8.48. The van der Waals surface area contributed by atoms with Gasteiger partial charge in [0.05, 0.1) is 11.4 Å². The third-order valence-electron chi connectivity index (χ3n) is 4.37. The summed E-state index contributed by atoms with van der Waals surface area (Å²) in [6, 6.07) is 19.9. The van der Waals surface area contributed by atoms with Gasteiger partial charge in [0.1, 0.15) is 6.04 Å². The molecule has 7 heteroatoms. The van der Waals surface area contributed by atoms with Crippen LogP contribution < -0.4 is 16.2 Å². The van der Waals surface area contributed by atoms with Crippen LogP contribution in [0.4, 0.5) is 5.69 Å². The summed E-state index contributed by atoms with van der Waals surface area (Å²) in [6.07, 6.45) is 6.47. The van der Waals surface area contributed by atoms with Gasteiger partial charge in [-0.15, -0.1) is 0 Å². The van der Waals surface area contributed by atoms with Crippen molar-refractivity contribution in [1.29, 1.82) is 0 Å². The van der Waals surface area contributed by atoms with Crippen molar-refractivity contribution in [3.8, 4) is 5.69 Å². The molecule has 2 amide bonds. The van der Waals surface area contributed by atoms with Crippen LogP contribution in [0.15, 0.2) is 79.1 Å². The Labute approximate surface area is 174 Å². The fourth-order valence-electron chi connectivity index (χ4n) is 2.83. The number of rotatable bonds is 9. The highest BCUT2D eigenvalue weighted by Crippen LogP contribution is 2.19. The Hall–Kier alpha value is -3.03. The van der Waals surface area contributed by atoms with Crippen LogP contribution in [0.25, 0.3) is 5.69 Å². The summed E-state index contributed by atoms with van der Waals surface area (Å²) >= 11 is 1.65. The van der Waals surface area contributed by atoms with Gasteiger partial charge in [-0.25, -0.2) is 5.43 Å². The molecule has 0 aliphatic rings. The molecule has 3 rings (SSSR count). The van der Waals surface area contributed by atoms with Gasteiger partial charge in [-0.05, 0) is 54.8 Å². The first-order chi connectivity index (χ1) is 14.2. The Kier molecular flexibility index (Phi) is 7.49. The normalized spacial score (nSPS) is 11.6. The standard InChI is InChI=1S/C22H24N4O2S/c1-29-16-13-19(22(28)23-21(27)17-9-3-2-4-10-17)25-24-18-11-5-6-12-20(18)26-14-7-8-15-26/h2-12,14-15,19,24-25H,13,16H2,1H3,(H,23,27,28). The molecule has 0 radical (unpaired) electrons. The Morgan fingerprint density at radius 1 is 0.966 bits per heavy atom. The molecule has 1 heterocycles. The van der Waals surface area contributed by atoms with Gasteiger partial charge >= 0.3 is 0 Å². The van der Waals surface area contributed by atoms with E-state index in [0.717, 1.165) is 17.1 Å². The van der Waals surface area contributed by atoms with E-state index in [1.165, 1.54) is 0 Å². The van der Waals surface area contributed by atoms with Gasteiger partial charge in [0.25, 0.3) is 5.91 Å². The molecule has 0 spiro atoms. The number of amides is 2. The van der Waals surface area contributed by atoms with E-state index in [9.17, 15) is 9.59 Å². The van der Waals surface area contributed by atoms with Gasteiger partial charge in [-0.3, -0.25) is 14.9 Å². The zero-order valence-corrected chi connectivity index (χ0v) is 17.0. The molecule has 1 atom stereocenters. The number of thioether (sulfide) groups is 1. The number of hydrogen-bond donors (Lipinski definition) is 3. The van der Waals surface area contributed by atoms with Gasteiger partial charge in [-0.2, -0.15) is 11.8 Å². The van der Waals surface area contributed by atoms with E-state index >= 15 is 0 Å². The zero-order valence-electron chi connectivity index (χ0n) is 16.2. The highest BCUT2D eigenvalue weighted by molar-refractivity contribution is 7.98. The third-order valence-corrected chi connectivity index (χ3v) is 5.01. The maximum absolute atomic E-state index is 12.7. The summed E-state index contributed by atoms with van der Waals surface area (Å²) in [5.74, 6) is 0.0177. The molecule has 1 aromatic heterocycles. The molecule has 0 aliphatic heterocycles. The van der Waals surface area contributed by atoms with Crippen LogP contribution in [-0.4, -0.2) is 34.4 Å². The molecular weight excluding hydrogens is 384 g/mol. The van der Waals surface area contributed by atoms with Crippen molar-refractivity contribution in [1.82, 2.24) is 15.3 Å². The lowest BCUT2D eigenvalue weighted by Crippen LogP contribution is -2.48. The number of nitrogens with one attached hydrogen (secondary N) is 3. The number of carbonyl (C=O) groups excluding carboxylic acids is 2. The zero-order chi connectivity index (χ0) is 20.5. The van der Waals surface area contributed by atoms with Crippen LogP contribution in [0.2, 0.25) is 0 Å². The number of aromatic nitrogens is 1. The molecule has 1 unspecified atom stereocenters. The minimum atomic E-state index is -0.562. The van der Waals surface area contributed by atoms with E-state index in [0.29, 0.717) is 12.0 Å². The third kappa shape index (κ3) is 5.73. The van der Waals surface area contributed by atoms with Crippen LogP contribution in [0.3, 0.4) is 0 Å². The van der Waals surface area contributed by atoms with Gasteiger partial charge in [0.2, 0.25) is 5.91 Å². The smallest absolute Gasteiger partial charge is 0.257 e. The van der Waals surface area contributed by atoms with Gasteiger partial charge in [-0.1, -0.05) is 30.3 Å². The molecule has 0 saturated heterocycles. The van der Waals surface area contributed by atoms with Crippen molar-refractivity contribution < 1.29 is 9.59 Å². The molecule has 150 valence electrons. The summed E-state index contributed by atoms with van der Waals surface area (Å²) in [5, 5.41) is 2.49. The molecule has 0 aliphatic carbocycles. The minimum Gasteiger partial charge on any atom is -0.322 e. The number of benzene rings is 2. The van der Waals surface area contributed by atoms with Crippen LogP contribution in [0.5, 0.6) is 0 Å². The first-order valence-electron chi connectivity index (χ1n) is 9.32. The molecule has 3 N–H and O–H groups in total. The predicted molar refractivity (Wildman–Crippen MR) is 118 cm³/mol. The molecule has 0 saturated carbocycles. The fraction of sp³-hybridized carbons (Fsp3) is 0.182. The summed E-state index contributed by atoms with van der Waals surface area (Å²) in [4.78, 5) is 25.0. The van der Waals surface area contributed by atoms with Crippen molar-refractivity contribution >= 4 is 29.3 Å². The number of hydrogen-bond acceptors (Lipinski definition) is 5. The second-order valence-electron chi connectivity index (χ2n) is 6.40. The van der Waals surface area contributed by atoms with Crippen molar-refractivity contribution in [3.63, 3.8) is 0 Å². The predicted octanol–water partition coefficient (Wildman–Crippen LogP) is 3.47. The molecule has 2 aromatic carbocycles. The van der Waals surface area contributed by atoms with Gasteiger partial charge < -0.3 is 9.99 Å². The van der Waals surface area contributed by atoms with Crippen molar-refractivity contribution in [2.45, 2.75) is 12.5 Å². The van der Waals surface area contributed by atoms with Crippen molar-refractivity contribution in [2.75, 3.05) is 17.4 Å². The number of anilines is 1. The summed E-state index contributed by atoms with van der Waals surface area (Å²) in [7, 11) is 0. The fourth-order valence-corrected chi connectivity index (χ4v) is 3.30. The first-order valence-corrected chi connectivity index (χ1v) is 10.7. The number of carbonyl (C=O) groups is 2. The lowest BCUT2D eigenvalue weighted by atomic mass is 10.2. The van der Waals surface area contributed by atoms with Gasteiger partial charge in [0, 0.05) is 18.0 Å². The number of para-hydroxylation sites is 2. The second-order valence-corrected chi connectivity index (χ2v) is 7.38. The lowest BCUT2D eigenvalue weighted by Gasteiger charge is -2.20. The maximum Gasteiger partial charge on any atom is 0.257 e. The Morgan fingerprint density at radius 3 is 2.38 bits per heavy atom. The minimum absolute atomic E-state index is 0.362. The summed E-state index contributed by atoms with van der Waals surface area (Å²) < 4.78 is 1.99. The number of imide groups is 1. The monoisotopic (exact) mass is 408 g/mol. The summed E-state index contributed by atoms with van der Waals surface area (Å²) in [6.45, 7) is 0. The first kappa shape index (κ1) is 20.7. The molecule has 0 fully saturated rings. The molecule has 0 bridgehead atoms. The van der Waals surface area contributed by atoms with Crippen molar-refractivity contribution in [3.05, 3.63) is 84.7 Å². The highest BCUT2D eigenvalue weighted by atomic mass is 32.2. The van der Waals surface area contributed by atoms with Crippen LogP contribution in [-0.2, 0) is 4.79 Å².